The van der Waals surface area contributed by atoms with E-state index in [0.717, 1.165) is 25.0 Å². The summed E-state index contributed by atoms with van der Waals surface area (Å²) in [7, 11) is 0. The number of nitrogens with zero attached hydrogens (tertiary/aromatic N) is 1. The first kappa shape index (κ1) is 15.7. The first-order chi connectivity index (χ1) is 10.7. The van der Waals surface area contributed by atoms with Crippen molar-refractivity contribution in [1.82, 2.24) is 4.98 Å². The molecule has 0 saturated carbocycles. The van der Waals surface area contributed by atoms with Crippen molar-refractivity contribution in [2.45, 2.75) is 21.9 Å². The standard InChI is InChI=1S/C17H14BrNOS2/c1-11-3-5-12(6-4-11)15-19-16(17(20-15)21-2)22-14-9-7-13(18)8-10-14/h3-10H,1-2H3. The maximum atomic E-state index is 5.91. The Morgan fingerprint density at radius 3 is 2.32 bits per heavy atom. The molecule has 3 rings (SSSR count). The fourth-order valence-corrected chi connectivity index (χ4v) is 3.69. The van der Waals surface area contributed by atoms with Crippen molar-refractivity contribution in [2.75, 3.05) is 6.26 Å². The summed E-state index contributed by atoms with van der Waals surface area (Å²) in [6, 6.07) is 16.4. The maximum absolute atomic E-state index is 5.91. The summed E-state index contributed by atoms with van der Waals surface area (Å²) in [5.41, 5.74) is 2.23. The molecule has 0 bridgehead atoms. The molecule has 0 amide bonds. The van der Waals surface area contributed by atoms with E-state index in [4.69, 9.17) is 4.42 Å². The molecule has 0 spiro atoms. The van der Waals surface area contributed by atoms with Gasteiger partial charge < -0.3 is 4.42 Å². The van der Waals surface area contributed by atoms with Crippen LogP contribution in [0.2, 0.25) is 0 Å². The topological polar surface area (TPSA) is 26.0 Å². The zero-order valence-corrected chi connectivity index (χ0v) is 15.4. The number of aryl methyl sites for hydroxylation is 1. The van der Waals surface area contributed by atoms with Gasteiger partial charge in [0.1, 0.15) is 0 Å². The van der Waals surface area contributed by atoms with E-state index in [0.29, 0.717) is 5.89 Å². The molecule has 5 heteroatoms. The molecule has 0 N–H and O–H groups in total. The van der Waals surface area contributed by atoms with E-state index >= 15 is 0 Å². The molecule has 0 aliphatic carbocycles. The third-order valence-electron chi connectivity index (χ3n) is 3.08. The van der Waals surface area contributed by atoms with E-state index in [1.54, 1.807) is 23.5 Å². The van der Waals surface area contributed by atoms with Gasteiger partial charge in [0.15, 0.2) is 10.1 Å². The summed E-state index contributed by atoms with van der Waals surface area (Å²) in [6.07, 6.45) is 2.01. The Kier molecular flexibility index (Phi) is 4.96. The lowest BCUT2D eigenvalue weighted by Gasteiger charge is -1.99. The Balaban J connectivity index is 1.91. The molecule has 2 nitrogen and oxygen atoms in total. The highest BCUT2D eigenvalue weighted by atomic mass is 79.9. The second-order valence-electron chi connectivity index (χ2n) is 4.74. The number of thioether (sulfide) groups is 1. The predicted octanol–water partition coefficient (Wildman–Crippen LogP) is 6.29. The minimum atomic E-state index is 0.670. The average Bonchev–Trinajstić information content (AvgIpc) is 2.93. The van der Waals surface area contributed by atoms with Crippen LogP contribution in [0, 0.1) is 6.92 Å². The van der Waals surface area contributed by atoms with Gasteiger partial charge in [-0.2, -0.15) is 0 Å². The largest absolute Gasteiger partial charge is 0.429 e. The SMILES string of the molecule is CSc1oc(-c2ccc(C)cc2)nc1Sc1ccc(Br)cc1. The molecule has 0 radical (unpaired) electrons. The Bertz CT molecular complexity index is 766. The van der Waals surface area contributed by atoms with Crippen LogP contribution < -0.4 is 0 Å². The monoisotopic (exact) mass is 391 g/mol. The van der Waals surface area contributed by atoms with E-state index in [1.807, 2.05) is 30.5 Å². The molecule has 0 fully saturated rings. The number of oxazole rings is 1. The van der Waals surface area contributed by atoms with Gasteiger partial charge in [-0.15, -0.1) is 0 Å². The lowest BCUT2D eigenvalue weighted by molar-refractivity contribution is 0.474. The van der Waals surface area contributed by atoms with Crippen molar-refractivity contribution in [3.63, 3.8) is 0 Å². The maximum Gasteiger partial charge on any atom is 0.228 e. The number of halogens is 1. The first-order valence-corrected chi connectivity index (χ1v) is 9.54. The van der Waals surface area contributed by atoms with Gasteiger partial charge in [0.2, 0.25) is 5.89 Å². The average molecular weight is 392 g/mol. The molecule has 22 heavy (non-hydrogen) atoms. The van der Waals surface area contributed by atoms with Crippen LogP contribution >= 0.6 is 39.5 Å². The molecule has 0 aliphatic rings. The number of rotatable bonds is 4. The fraction of sp³-hybridized carbons (Fsp3) is 0.118. The molecule has 112 valence electrons. The zero-order valence-electron chi connectivity index (χ0n) is 12.2. The molecular formula is C17H14BrNOS2. The van der Waals surface area contributed by atoms with Gasteiger partial charge in [-0.1, -0.05) is 57.1 Å². The molecular weight excluding hydrogens is 378 g/mol. The van der Waals surface area contributed by atoms with Crippen LogP contribution in [0.5, 0.6) is 0 Å². The third kappa shape index (κ3) is 3.59. The third-order valence-corrected chi connectivity index (χ3v) is 5.36. The molecule has 2 aromatic carbocycles. The second-order valence-corrected chi connectivity index (χ2v) is 7.49. The molecule has 0 aliphatic heterocycles. The van der Waals surface area contributed by atoms with Crippen LogP contribution in [0.1, 0.15) is 5.56 Å². The highest BCUT2D eigenvalue weighted by Gasteiger charge is 2.15. The van der Waals surface area contributed by atoms with Crippen molar-refractivity contribution < 1.29 is 4.42 Å². The second kappa shape index (κ2) is 6.94. The number of aromatic nitrogens is 1. The molecule has 0 atom stereocenters. The van der Waals surface area contributed by atoms with E-state index in [2.05, 4.69) is 52.1 Å². The van der Waals surface area contributed by atoms with Crippen molar-refractivity contribution in [1.29, 1.82) is 0 Å². The van der Waals surface area contributed by atoms with Crippen LogP contribution in [0.25, 0.3) is 11.5 Å². The highest BCUT2D eigenvalue weighted by Crippen LogP contribution is 2.37. The van der Waals surface area contributed by atoms with Crippen LogP contribution in [0.4, 0.5) is 0 Å². The lowest BCUT2D eigenvalue weighted by Crippen LogP contribution is -1.79. The van der Waals surface area contributed by atoms with Crippen LogP contribution in [-0.4, -0.2) is 11.2 Å². The zero-order chi connectivity index (χ0) is 15.5. The number of benzene rings is 2. The normalized spacial score (nSPS) is 10.9. The molecule has 3 aromatic rings. The smallest absolute Gasteiger partial charge is 0.228 e. The van der Waals surface area contributed by atoms with Crippen LogP contribution in [0.15, 0.2) is 72.4 Å². The Labute approximate surface area is 146 Å². The van der Waals surface area contributed by atoms with Gasteiger partial charge in [0, 0.05) is 14.9 Å². The minimum Gasteiger partial charge on any atom is -0.429 e. The summed E-state index contributed by atoms with van der Waals surface area (Å²) in [4.78, 5) is 5.80. The van der Waals surface area contributed by atoms with Gasteiger partial charge in [-0.25, -0.2) is 4.98 Å². The van der Waals surface area contributed by atoms with Crippen molar-refractivity contribution >= 4 is 39.5 Å². The van der Waals surface area contributed by atoms with Crippen molar-refractivity contribution in [2.24, 2.45) is 0 Å². The molecule has 1 aromatic heterocycles. The quantitative estimate of drug-likeness (QED) is 0.488. The first-order valence-electron chi connectivity index (χ1n) is 6.71. The lowest BCUT2D eigenvalue weighted by atomic mass is 10.1. The fourth-order valence-electron chi connectivity index (χ4n) is 1.92. The van der Waals surface area contributed by atoms with Gasteiger partial charge in [-0.3, -0.25) is 0 Å². The van der Waals surface area contributed by atoms with E-state index in [-0.39, 0.29) is 0 Å². The Morgan fingerprint density at radius 1 is 1.00 bits per heavy atom. The summed E-state index contributed by atoms with van der Waals surface area (Å²) in [6.45, 7) is 2.07. The van der Waals surface area contributed by atoms with Crippen molar-refractivity contribution in [3.8, 4) is 11.5 Å². The van der Waals surface area contributed by atoms with E-state index < -0.39 is 0 Å². The summed E-state index contributed by atoms with van der Waals surface area (Å²) >= 11 is 6.65. The Morgan fingerprint density at radius 2 is 1.68 bits per heavy atom. The van der Waals surface area contributed by atoms with Gasteiger partial charge in [0.25, 0.3) is 0 Å². The molecule has 0 saturated heterocycles. The van der Waals surface area contributed by atoms with Crippen molar-refractivity contribution in [3.05, 3.63) is 58.6 Å². The van der Waals surface area contributed by atoms with Crippen LogP contribution in [-0.2, 0) is 0 Å². The summed E-state index contributed by atoms with van der Waals surface area (Å²) < 4.78 is 6.98. The van der Waals surface area contributed by atoms with E-state index in [9.17, 15) is 0 Å². The van der Waals surface area contributed by atoms with Gasteiger partial charge >= 0.3 is 0 Å². The number of hydrogen-bond donors (Lipinski definition) is 0. The molecule has 0 unspecified atom stereocenters. The summed E-state index contributed by atoms with van der Waals surface area (Å²) in [5.74, 6) is 0.670. The van der Waals surface area contributed by atoms with Crippen LogP contribution in [0.3, 0.4) is 0 Å². The van der Waals surface area contributed by atoms with Gasteiger partial charge in [-0.05, 0) is 49.6 Å². The summed E-state index contributed by atoms with van der Waals surface area (Å²) in [5, 5.41) is 1.76. The highest BCUT2D eigenvalue weighted by molar-refractivity contribution is 9.10. The van der Waals surface area contributed by atoms with E-state index in [1.165, 1.54) is 5.56 Å². The predicted molar refractivity (Wildman–Crippen MR) is 96.7 cm³/mol. The van der Waals surface area contributed by atoms with Gasteiger partial charge in [0.05, 0.1) is 0 Å². The molecule has 1 heterocycles. The Hall–Kier alpha value is -1.17. The number of hydrogen-bond acceptors (Lipinski definition) is 4. The minimum absolute atomic E-state index is 0.670.